The van der Waals surface area contributed by atoms with E-state index >= 15 is 0 Å². The fourth-order valence-corrected chi connectivity index (χ4v) is 2.13. The second kappa shape index (κ2) is 7.06. The predicted octanol–water partition coefficient (Wildman–Crippen LogP) is 3.30. The number of carbonyl (C=O) groups is 1. The summed E-state index contributed by atoms with van der Waals surface area (Å²) in [7, 11) is 0. The molecule has 0 heterocycles. The van der Waals surface area contributed by atoms with E-state index in [1.807, 2.05) is 25.1 Å². The van der Waals surface area contributed by atoms with Crippen molar-refractivity contribution >= 4 is 21.8 Å². The number of nitrogens with one attached hydrogen (secondary N) is 1. The largest absolute Gasteiger partial charge is 0.381 e. The summed E-state index contributed by atoms with van der Waals surface area (Å²) in [6, 6.07) is 5.64. The number of benzene rings is 1. The van der Waals surface area contributed by atoms with E-state index in [4.69, 9.17) is 4.74 Å². The summed E-state index contributed by atoms with van der Waals surface area (Å²) in [5.74, 6) is 0.780. The zero-order valence-electron chi connectivity index (χ0n) is 11.2. The standard InChI is InChI=1S/C15H20BrNO2/c1-11-3-6-13(9-14(11)16)15(18)17-7-2-8-19-10-12-4-5-12/h3,6,9,12H,2,4-5,7-8,10H2,1H3,(H,17,18). The van der Waals surface area contributed by atoms with Crippen LogP contribution in [0.2, 0.25) is 0 Å². The highest BCUT2D eigenvalue weighted by molar-refractivity contribution is 9.10. The van der Waals surface area contributed by atoms with Gasteiger partial charge in [-0.05, 0) is 49.8 Å². The molecule has 19 heavy (non-hydrogen) atoms. The Hall–Kier alpha value is -0.870. The van der Waals surface area contributed by atoms with Crippen LogP contribution in [0.25, 0.3) is 0 Å². The second-order valence-electron chi connectivity index (χ2n) is 5.09. The van der Waals surface area contributed by atoms with Gasteiger partial charge in [-0.15, -0.1) is 0 Å². The van der Waals surface area contributed by atoms with E-state index < -0.39 is 0 Å². The lowest BCUT2D eigenvalue weighted by atomic mass is 10.1. The summed E-state index contributed by atoms with van der Waals surface area (Å²) in [6.45, 7) is 4.28. The summed E-state index contributed by atoms with van der Waals surface area (Å²) in [6.07, 6.45) is 3.50. The molecule has 1 saturated carbocycles. The van der Waals surface area contributed by atoms with E-state index in [0.29, 0.717) is 12.1 Å². The van der Waals surface area contributed by atoms with Crippen molar-refractivity contribution in [3.63, 3.8) is 0 Å². The molecule has 0 radical (unpaired) electrons. The van der Waals surface area contributed by atoms with Gasteiger partial charge in [0.15, 0.2) is 0 Å². The van der Waals surface area contributed by atoms with Gasteiger partial charge in [0.05, 0.1) is 0 Å². The molecule has 4 heteroatoms. The van der Waals surface area contributed by atoms with Gasteiger partial charge in [0, 0.05) is 29.8 Å². The average molecular weight is 326 g/mol. The summed E-state index contributed by atoms with van der Waals surface area (Å²) >= 11 is 3.44. The zero-order chi connectivity index (χ0) is 13.7. The van der Waals surface area contributed by atoms with Crippen LogP contribution in [0.1, 0.15) is 35.2 Å². The minimum Gasteiger partial charge on any atom is -0.381 e. The van der Waals surface area contributed by atoms with Crippen LogP contribution in [-0.2, 0) is 4.74 Å². The number of ether oxygens (including phenoxy) is 1. The molecule has 1 N–H and O–H groups in total. The first-order chi connectivity index (χ1) is 9.16. The first kappa shape index (κ1) is 14.5. The van der Waals surface area contributed by atoms with Crippen LogP contribution in [0.3, 0.4) is 0 Å². The number of amides is 1. The van der Waals surface area contributed by atoms with E-state index in [1.54, 1.807) is 0 Å². The first-order valence-corrected chi connectivity index (χ1v) is 7.58. The van der Waals surface area contributed by atoms with E-state index in [1.165, 1.54) is 12.8 Å². The number of hydrogen-bond acceptors (Lipinski definition) is 2. The second-order valence-corrected chi connectivity index (χ2v) is 5.95. The monoisotopic (exact) mass is 325 g/mol. The fourth-order valence-electron chi connectivity index (χ4n) is 1.75. The van der Waals surface area contributed by atoms with Crippen LogP contribution in [0.15, 0.2) is 22.7 Å². The molecule has 0 spiro atoms. The van der Waals surface area contributed by atoms with Crippen molar-refractivity contribution in [2.24, 2.45) is 5.92 Å². The Morgan fingerprint density at radius 3 is 2.95 bits per heavy atom. The van der Waals surface area contributed by atoms with Gasteiger partial charge < -0.3 is 10.1 Å². The maximum atomic E-state index is 11.9. The molecule has 3 nitrogen and oxygen atoms in total. The molecule has 1 aromatic rings. The Balaban J connectivity index is 1.63. The topological polar surface area (TPSA) is 38.3 Å². The van der Waals surface area contributed by atoms with Crippen molar-refractivity contribution in [3.8, 4) is 0 Å². The van der Waals surface area contributed by atoms with Crippen LogP contribution in [-0.4, -0.2) is 25.7 Å². The van der Waals surface area contributed by atoms with Gasteiger partial charge in [-0.3, -0.25) is 4.79 Å². The van der Waals surface area contributed by atoms with Crippen LogP contribution < -0.4 is 5.32 Å². The van der Waals surface area contributed by atoms with Crippen molar-refractivity contribution in [1.82, 2.24) is 5.32 Å². The Morgan fingerprint density at radius 2 is 2.26 bits per heavy atom. The molecular weight excluding hydrogens is 306 g/mol. The quantitative estimate of drug-likeness (QED) is 0.781. The van der Waals surface area contributed by atoms with E-state index in [9.17, 15) is 4.79 Å². The van der Waals surface area contributed by atoms with Gasteiger partial charge in [0.1, 0.15) is 0 Å². The number of carbonyl (C=O) groups excluding carboxylic acids is 1. The van der Waals surface area contributed by atoms with E-state index in [2.05, 4.69) is 21.2 Å². The Bertz CT molecular complexity index is 444. The molecule has 1 aromatic carbocycles. The van der Waals surface area contributed by atoms with Gasteiger partial charge in [-0.1, -0.05) is 22.0 Å². The van der Waals surface area contributed by atoms with Gasteiger partial charge in [-0.2, -0.15) is 0 Å². The smallest absolute Gasteiger partial charge is 0.251 e. The van der Waals surface area contributed by atoms with Gasteiger partial charge >= 0.3 is 0 Å². The SMILES string of the molecule is Cc1ccc(C(=O)NCCCOCC2CC2)cc1Br. The first-order valence-electron chi connectivity index (χ1n) is 6.79. The van der Waals surface area contributed by atoms with Crippen LogP contribution in [0.5, 0.6) is 0 Å². The molecule has 0 unspecified atom stereocenters. The van der Waals surface area contributed by atoms with Crippen molar-refractivity contribution < 1.29 is 9.53 Å². The van der Waals surface area contributed by atoms with Gasteiger partial charge in [0.25, 0.3) is 5.91 Å². The molecule has 2 rings (SSSR count). The fraction of sp³-hybridized carbons (Fsp3) is 0.533. The highest BCUT2D eigenvalue weighted by Gasteiger charge is 2.20. The minimum absolute atomic E-state index is 0.0251. The maximum absolute atomic E-state index is 11.9. The highest BCUT2D eigenvalue weighted by atomic mass is 79.9. The van der Waals surface area contributed by atoms with Crippen LogP contribution in [0.4, 0.5) is 0 Å². The predicted molar refractivity (Wildman–Crippen MR) is 79.4 cm³/mol. The molecule has 0 atom stereocenters. The normalized spacial score (nSPS) is 14.4. The van der Waals surface area contributed by atoms with Crippen molar-refractivity contribution in [1.29, 1.82) is 0 Å². The van der Waals surface area contributed by atoms with Crippen molar-refractivity contribution in [2.75, 3.05) is 19.8 Å². The molecular formula is C15H20BrNO2. The molecule has 104 valence electrons. The lowest BCUT2D eigenvalue weighted by molar-refractivity contribution is 0.0937. The minimum atomic E-state index is -0.0251. The summed E-state index contributed by atoms with van der Waals surface area (Å²) in [4.78, 5) is 11.9. The summed E-state index contributed by atoms with van der Waals surface area (Å²) < 4.78 is 6.49. The van der Waals surface area contributed by atoms with Crippen molar-refractivity contribution in [2.45, 2.75) is 26.2 Å². The number of halogens is 1. The van der Waals surface area contributed by atoms with Crippen molar-refractivity contribution in [3.05, 3.63) is 33.8 Å². The summed E-state index contributed by atoms with van der Waals surface area (Å²) in [5.41, 5.74) is 1.82. The molecule has 0 bridgehead atoms. The van der Waals surface area contributed by atoms with Gasteiger partial charge in [-0.25, -0.2) is 0 Å². The Labute approximate surface area is 122 Å². The number of aryl methyl sites for hydroxylation is 1. The van der Waals surface area contributed by atoms with E-state index in [-0.39, 0.29) is 5.91 Å². The summed E-state index contributed by atoms with van der Waals surface area (Å²) in [5, 5.41) is 2.91. The highest BCUT2D eigenvalue weighted by Crippen LogP contribution is 2.28. The van der Waals surface area contributed by atoms with Crippen LogP contribution >= 0.6 is 15.9 Å². The molecule has 0 aromatic heterocycles. The third-order valence-electron chi connectivity index (χ3n) is 3.24. The maximum Gasteiger partial charge on any atom is 0.251 e. The molecule has 0 aliphatic heterocycles. The van der Waals surface area contributed by atoms with Gasteiger partial charge in [0.2, 0.25) is 0 Å². The van der Waals surface area contributed by atoms with Crippen LogP contribution in [0, 0.1) is 12.8 Å². The molecule has 1 fully saturated rings. The van der Waals surface area contributed by atoms with E-state index in [0.717, 1.165) is 35.6 Å². The molecule has 1 amide bonds. The zero-order valence-corrected chi connectivity index (χ0v) is 12.8. The third kappa shape index (κ3) is 4.96. The third-order valence-corrected chi connectivity index (χ3v) is 4.09. The number of rotatable bonds is 7. The Kier molecular flexibility index (Phi) is 5.40. The lowest BCUT2D eigenvalue weighted by Crippen LogP contribution is -2.25. The molecule has 1 aliphatic carbocycles. The molecule has 0 saturated heterocycles. The number of hydrogen-bond donors (Lipinski definition) is 1. The average Bonchev–Trinajstić information content (AvgIpc) is 3.20. The molecule has 1 aliphatic rings. The Morgan fingerprint density at radius 1 is 1.47 bits per heavy atom. The lowest BCUT2D eigenvalue weighted by Gasteiger charge is -2.07.